The monoisotopic (exact) mass is 362 g/mol. The van der Waals surface area contributed by atoms with Gasteiger partial charge in [-0.05, 0) is 49.1 Å². The van der Waals surface area contributed by atoms with Gasteiger partial charge in [-0.2, -0.15) is 0 Å². The van der Waals surface area contributed by atoms with E-state index in [1.165, 1.54) is 31.0 Å². The zero-order valence-corrected chi connectivity index (χ0v) is 16.3. The van der Waals surface area contributed by atoms with E-state index >= 15 is 0 Å². The largest absolute Gasteiger partial charge is 0.369 e. The van der Waals surface area contributed by atoms with E-state index in [1.54, 1.807) is 0 Å². The van der Waals surface area contributed by atoms with Crippen molar-refractivity contribution in [3.05, 3.63) is 29.8 Å². The van der Waals surface area contributed by atoms with E-state index in [9.17, 15) is 9.59 Å². The third-order valence-corrected chi connectivity index (χ3v) is 6.68. The van der Waals surface area contributed by atoms with Gasteiger partial charge in [0.2, 0.25) is 5.91 Å². The third-order valence-electron chi connectivity index (χ3n) is 5.58. The Morgan fingerprint density at radius 2 is 1.84 bits per heavy atom. The van der Waals surface area contributed by atoms with Crippen LogP contribution in [0.25, 0.3) is 0 Å². The number of thioether (sulfide) groups is 1. The summed E-state index contributed by atoms with van der Waals surface area (Å²) >= 11 is 1.32. The van der Waals surface area contributed by atoms with Crippen molar-refractivity contribution in [3.8, 4) is 0 Å². The van der Waals surface area contributed by atoms with E-state index in [2.05, 4.69) is 26.1 Å². The lowest BCUT2D eigenvalue weighted by Gasteiger charge is -2.39. The average molecular weight is 363 g/mol. The Morgan fingerprint density at radius 1 is 1.20 bits per heavy atom. The second-order valence-electron chi connectivity index (χ2n) is 7.62. The van der Waals surface area contributed by atoms with Gasteiger partial charge in [0.25, 0.3) is 5.91 Å². The zero-order chi connectivity index (χ0) is 18.4. The van der Waals surface area contributed by atoms with E-state index in [-0.39, 0.29) is 23.6 Å². The van der Waals surface area contributed by atoms with Crippen molar-refractivity contribution in [2.75, 3.05) is 5.75 Å². The van der Waals surface area contributed by atoms with E-state index in [0.717, 1.165) is 23.7 Å². The lowest BCUT2D eigenvalue weighted by atomic mass is 9.69. The molecule has 0 unspecified atom stereocenters. The van der Waals surface area contributed by atoms with Crippen LogP contribution in [0.2, 0.25) is 0 Å². The van der Waals surface area contributed by atoms with Crippen LogP contribution >= 0.6 is 11.8 Å². The van der Waals surface area contributed by atoms with Gasteiger partial charge >= 0.3 is 0 Å². The van der Waals surface area contributed by atoms with Gasteiger partial charge in [-0.15, -0.1) is 11.8 Å². The van der Waals surface area contributed by atoms with Crippen molar-refractivity contribution in [2.45, 2.75) is 63.8 Å². The summed E-state index contributed by atoms with van der Waals surface area (Å²) in [6.07, 6.45) is 5.61. The number of primary amides is 1. The SMILES string of the molecule is CCC(C)(C)C1CCC(NC(=O)c2ccccc2SCC(N)=O)CC1. The van der Waals surface area contributed by atoms with Crippen molar-refractivity contribution in [3.63, 3.8) is 0 Å². The third kappa shape index (κ3) is 5.50. The number of nitrogens with two attached hydrogens (primary N) is 1. The summed E-state index contributed by atoms with van der Waals surface area (Å²) in [5.41, 5.74) is 6.23. The molecule has 1 saturated carbocycles. The molecule has 0 atom stereocenters. The molecule has 4 nitrogen and oxygen atoms in total. The minimum absolute atomic E-state index is 0.0502. The quantitative estimate of drug-likeness (QED) is 0.720. The van der Waals surface area contributed by atoms with Crippen molar-refractivity contribution in [2.24, 2.45) is 17.1 Å². The van der Waals surface area contributed by atoms with Crippen LogP contribution in [-0.4, -0.2) is 23.6 Å². The molecule has 0 spiro atoms. The fraction of sp³-hybridized carbons (Fsp3) is 0.600. The van der Waals surface area contributed by atoms with Crippen molar-refractivity contribution in [1.29, 1.82) is 0 Å². The van der Waals surface area contributed by atoms with Crippen molar-refractivity contribution >= 4 is 23.6 Å². The molecule has 0 radical (unpaired) electrons. The van der Waals surface area contributed by atoms with Crippen LogP contribution in [-0.2, 0) is 4.79 Å². The zero-order valence-electron chi connectivity index (χ0n) is 15.5. The first-order valence-electron chi connectivity index (χ1n) is 9.14. The van der Waals surface area contributed by atoms with E-state index in [4.69, 9.17) is 5.73 Å². The van der Waals surface area contributed by atoms with E-state index in [1.807, 2.05) is 24.3 Å². The molecule has 1 aliphatic rings. The summed E-state index contributed by atoms with van der Waals surface area (Å²) < 4.78 is 0. The number of hydrogen-bond donors (Lipinski definition) is 2. The Kier molecular flexibility index (Phi) is 6.94. The second-order valence-corrected chi connectivity index (χ2v) is 8.63. The molecular formula is C20H30N2O2S. The summed E-state index contributed by atoms with van der Waals surface area (Å²) in [6.45, 7) is 6.96. The number of rotatable bonds is 7. The molecule has 3 N–H and O–H groups in total. The molecule has 2 rings (SSSR count). The molecule has 0 aromatic heterocycles. The molecular weight excluding hydrogens is 332 g/mol. The van der Waals surface area contributed by atoms with Gasteiger partial charge in [-0.1, -0.05) is 39.3 Å². The maximum Gasteiger partial charge on any atom is 0.252 e. The number of carbonyl (C=O) groups excluding carboxylic acids is 2. The second kappa shape index (κ2) is 8.75. The van der Waals surface area contributed by atoms with Crippen LogP contribution in [0, 0.1) is 11.3 Å². The van der Waals surface area contributed by atoms with Crippen LogP contribution < -0.4 is 11.1 Å². The number of amides is 2. The summed E-state index contributed by atoms with van der Waals surface area (Å²) in [4.78, 5) is 24.5. The van der Waals surface area contributed by atoms with Crippen molar-refractivity contribution < 1.29 is 9.59 Å². The Bertz CT molecular complexity index is 607. The molecule has 25 heavy (non-hydrogen) atoms. The lowest BCUT2D eigenvalue weighted by Crippen LogP contribution is -2.40. The summed E-state index contributed by atoms with van der Waals surface area (Å²) in [6, 6.07) is 7.64. The minimum atomic E-state index is -0.378. The van der Waals surface area contributed by atoms with Crippen molar-refractivity contribution in [1.82, 2.24) is 5.32 Å². The molecule has 5 heteroatoms. The van der Waals surface area contributed by atoms with Gasteiger partial charge in [-0.3, -0.25) is 9.59 Å². The number of nitrogens with one attached hydrogen (secondary N) is 1. The minimum Gasteiger partial charge on any atom is -0.369 e. The van der Waals surface area contributed by atoms with Gasteiger partial charge in [0.1, 0.15) is 0 Å². The average Bonchev–Trinajstić information content (AvgIpc) is 2.60. The summed E-state index contributed by atoms with van der Waals surface area (Å²) in [5.74, 6) is 0.494. The Labute approximate surface area is 155 Å². The summed E-state index contributed by atoms with van der Waals surface area (Å²) in [5, 5.41) is 3.18. The smallest absolute Gasteiger partial charge is 0.252 e. The maximum atomic E-state index is 12.7. The fourth-order valence-electron chi connectivity index (χ4n) is 3.50. The molecule has 138 valence electrons. The number of hydrogen-bond acceptors (Lipinski definition) is 3. The molecule has 1 aliphatic carbocycles. The predicted molar refractivity (Wildman–Crippen MR) is 104 cm³/mol. The molecule has 2 amide bonds. The maximum absolute atomic E-state index is 12.7. The van der Waals surface area contributed by atoms with Crippen LogP contribution in [0.1, 0.15) is 63.2 Å². The van der Waals surface area contributed by atoms with Gasteiger partial charge in [-0.25, -0.2) is 0 Å². The van der Waals surface area contributed by atoms with E-state index in [0.29, 0.717) is 11.0 Å². The lowest BCUT2D eigenvalue weighted by molar-refractivity contribution is -0.115. The van der Waals surface area contributed by atoms with Crippen LogP contribution in [0.15, 0.2) is 29.2 Å². The molecule has 0 heterocycles. The first-order valence-corrected chi connectivity index (χ1v) is 10.1. The standard InChI is InChI=1S/C20H30N2O2S/c1-4-20(2,3)14-9-11-15(12-10-14)22-19(24)16-7-5-6-8-17(16)25-13-18(21)23/h5-8,14-15H,4,9-13H2,1-3H3,(H2,21,23)(H,22,24). The Hall–Kier alpha value is -1.49. The first-order chi connectivity index (χ1) is 11.8. The predicted octanol–water partition coefficient (Wildman–Crippen LogP) is 3.99. The normalized spacial score (nSPS) is 20.9. The summed E-state index contributed by atoms with van der Waals surface area (Å²) in [7, 11) is 0. The van der Waals surface area contributed by atoms with Crippen LogP contribution in [0.5, 0.6) is 0 Å². The fourth-order valence-corrected chi connectivity index (χ4v) is 4.29. The van der Waals surface area contributed by atoms with Gasteiger partial charge in [0, 0.05) is 10.9 Å². The van der Waals surface area contributed by atoms with Crippen LogP contribution in [0.4, 0.5) is 0 Å². The molecule has 1 fully saturated rings. The highest BCUT2D eigenvalue weighted by Crippen LogP contribution is 2.40. The number of benzene rings is 1. The Morgan fingerprint density at radius 3 is 2.44 bits per heavy atom. The van der Waals surface area contributed by atoms with Gasteiger partial charge < -0.3 is 11.1 Å². The molecule has 0 bridgehead atoms. The molecule has 1 aromatic carbocycles. The van der Waals surface area contributed by atoms with Crippen LogP contribution in [0.3, 0.4) is 0 Å². The first kappa shape index (κ1) is 19.8. The molecule has 1 aromatic rings. The highest BCUT2D eigenvalue weighted by atomic mass is 32.2. The topological polar surface area (TPSA) is 72.2 Å². The number of carbonyl (C=O) groups is 2. The highest BCUT2D eigenvalue weighted by molar-refractivity contribution is 8.00. The Balaban J connectivity index is 1.94. The molecule has 0 aliphatic heterocycles. The van der Waals surface area contributed by atoms with Gasteiger partial charge in [0.05, 0.1) is 11.3 Å². The highest BCUT2D eigenvalue weighted by Gasteiger charge is 2.32. The molecule has 0 saturated heterocycles. The van der Waals surface area contributed by atoms with Gasteiger partial charge in [0.15, 0.2) is 0 Å². The van der Waals surface area contributed by atoms with E-state index < -0.39 is 0 Å².